The van der Waals surface area contributed by atoms with Gasteiger partial charge in [-0.05, 0) is 38.9 Å². The maximum atomic E-state index is 7.47. The maximum Gasteiger partial charge on any atom is 0.148 e. The van der Waals surface area contributed by atoms with Crippen molar-refractivity contribution >= 4 is 5.84 Å². The minimum absolute atomic E-state index is 0.0189. The molecule has 1 saturated heterocycles. The number of aromatic nitrogens is 1. The predicted octanol–water partition coefficient (Wildman–Crippen LogP) is 1.23. The molecular formula is C13H20N4O. The van der Waals surface area contributed by atoms with Crippen molar-refractivity contribution < 1.29 is 4.74 Å². The first-order chi connectivity index (χ1) is 8.68. The van der Waals surface area contributed by atoms with E-state index in [1.807, 2.05) is 0 Å². The van der Waals surface area contributed by atoms with Crippen LogP contribution < -0.4 is 10.5 Å². The molecule has 1 aliphatic heterocycles. The number of nitrogens with one attached hydrogen (secondary N) is 1. The molecule has 0 radical (unpaired) electrons. The molecule has 0 spiro atoms. The number of nitrogens with zero attached hydrogens (tertiary/aromatic N) is 2. The van der Waals surface area contributed by atoms with Crippen LogP contribution in [0.3, 0.4) is 0 Å². The lowest BCUT2D eigenvalue weighted by molar-refractivity contribution is 0.232. The molecule has 0 bridgehead atoms. The van der Waals surface area contributed by atoms with Gasteiger partial charge in [-0.1, -0.05) is 0 Å². The fourth-order valence-corrected chi connectivity index (χ4v) is 2.37. The molecule has 1 aromatic rings. The van der Waals surface area contributed by atoms with Gasteiger partial charge in [-0.15, -0.1) is 0 Å². The Morgan fingerprint density at radius 1 is 1.67 bits per heavy atom. The summed E-state index contributed by atoms with van der Waals surface area (Å²) in [6.45, 7) is 1.82. The van der Waals surface area contributed by atoms with Gasteiger partial charge < -0.3 is 15.4 Å². The van der Waals surface area contributed by atoms with E-state index in [2.05, 4.69) is 16.9 Å². The molecule has 0 saturated carbocycles. The molecule has 5 nitrogen and oxygen atoms in total. The van der Waals surface area contributed by atoms with Gasteiger partial charge >= 0.3 is 0 Å². The molecule has 1 atom stereocenters. The van der Waals surface area contributed by atoms with Gasteiger partial charge in [0.2, 0.25) is 0 Å². The lowest BCUT2D eigenvalue weighted by Gasteiger charge is -2.19. The summed E-state index contributed by atoms with van der Waals surface area (Å²) in [5.41, 5.74) is 6.11. The summed E-state index contributed by atoms with van der Waals surface area (Å²) < 4.78 is 5.70. The Kier molecular flexibility index (Phi) is 4.15. The van der Waals surface area contributed by atoms with E-state index in [1.54, 1.807) is 18.5 Å². The van der Waals surface area contributed by atoms with Crippen LogP contribution in [0.5, 0.6) is 5.75 Å². The predicted molar refractivity (Wildman–Crippen MR) is 71.0 cm³/mol. The SMILES string of the molecule is CN1CCCC1CCOc1cnccc1C(=N)N. The summed E-state index contributed by atoms with van der Waals surface area (Å²) in [4.78, 5) is 6.38. The molecule has 1 aromatic heterocycles. The molecule has 1 unspecified atom stereocenters. The zero-order valence-corrected chi connectivity index (χ0v) is 10.7. The topological polar surface area (TPSA) is 75.2 Å². The minimum atomic E-state index is 0.0189. The number of nitrogen functional groups attached to an aromatic ring is 1. The van der Waals surface area contributed by atoms with Crippen LogP contribution in [0.25, 0.3) is 0 Å². The fourth-order valence-electron chi connectivity index (χ4n) is 2.37. The van der Waals surface area contributed by atoms with Crippen molar-refractivity contribution in [1.82, 2.24) is 9.88 Å². The van der Waals surface area contributed by atoms with Gasteiger partial charge in [0.1, 0.15) is 11.6 Å². The normalized spacial score (nSPS) is 19.9. The van der Waals surface area contributed by atoms with E-state index in [1.165, 1.54) is 19.4 Å². The van der Waals surface area contributed by atoms with Crippen molar-refractivity contribution in [2.45, 2.75) is 25.3 Å². The van der Waals surface area contributed by atoms with Gasteiger partial charge in [0.25, 0.3) is 0 Å². The number of nitrogens with two attached hydrogens (primary N) is 1. The van der Waals surface area contributed by atoms with Crippen LogP contribution in [-0.2, 0) is 0 Å². The average Bonchev–Trinajstić information content (AvgIpc) is 2.76. The summed E-state index contributed by atoms with van der Waals surface area (Å²) in [5.74, 6) is 0.621. The van der Waals surface area contributed by atoms with Crippen molar-refractivity contribution in [3.8, 4) is 5.75 Å². The average molecular weight is 248 g/mol. The number of hydrogen-bond donors (Lipinski definition) is 2. The minimum Gasteiger partial charge on any atom is -0.491 e. The first-order valence-electron chi connectivity index (χ1n) is 6.30. The Balaban J connectivity index is 1.88. The molecule has 98 valence electrons. The molecule has 0 amide bonds. The first-order valence-corrected chi connectivity index (χ1v) is 6.30. The number of pyridine rings is 1. The van der Waals surface area contributed by atoms with E-state index in [0.29, 0.717) is 24.0 Å². The Bertz CT molecular complexity index is 421. The van der Waals surface area contributed by atoms with E-state index in [-0.39, 0.29) is 5.84 Å². The molecule has 2 heterocycles. The molecule has 1 aliphatic rings. The fraction of sp³-hybridized carbons (Fsp3) is 0.538. The van der Waals surface area contributed by atoms with Gasteiger partial charge in [-0.3, -0.25) is 10.4 Å². The zero-order valence-electron chi connectivity index (χ0n) is 10.7. The lowest BCUT2D eigenvalue weighted by Crippen LogP contribution is -2.26. The number of likely N-dealkylation sites (tertiary alicyclic amines) is 1. The highest BCUT2D eigenvalue weighted by atomic mass is 16.5. The smallest absolute Gasteiger partial charge is 0.148 e. The van der Waals surface area contributed by atoms with E-state index in [0.717, 1.165) is 6.42 Å². The Morgan fingerprint density at radius 2 is 2.50 bits per heavy atom. The number of ether oxygens (including phenoxy) is 1. The zero-order chi connectivity index (χ0) is 13.0. The molecule has 3 N–H and O–H groups in total. The summed E-state index contributed by atoms with van der Waals surface area (Å²) in [6, 6.07) is 2.32. The summed E-state index contributed by atoms with van der Waals surface area (Å²) in [5, 5.41) is 7.47. The summed E-state index contributed by atoms with van der Waals surface area (Å²) in [7, 11) is 2.16. The van der Waals surface area contributed by atoms with Crippen LogP contribution in [0.2, 0.25) is 0 Å². The van der Waals surface area contributed by atoms with Crippen molar-refractivity contribution in [2.75, 3.05) is 20.2 Å². The Morgan fingerprint density at radius 3 is 3.17 bits per heavy atom. The summed E-state index contributed by atoms with van der Waals surface area (Å²) in [6.07, 6.45) is 6.76. The van der Waals surface area contributed by atoms with E-state index in [9.17, 15) is 0 Å². The van der Waals surface area contributed by atoms with Gasteiger partial charge in [0.15, 0.2) is 0 Å². The van der Waals surface area contributed by atoms with Crippen molar-refractivity contribution in [3.63, 3.8) is 0 Å². The van der Waals surface area contributed by atoms with Gasteiger partial charge in [-0.25, -0.2) is 0 Å². The molecular weight excluding hydrogens is 228 g/mol. The van der Waals surface area contributed by atoms with E-state index < -0.39 is 0 Å². The molecule has 0 aliphatic carbocycles. The van der Waals surface area contributed by atoms with Crippen LogP contribution in [-0.4, -0.2) is 42.0 Å². The second-order valence-corrected chi connectivity index (χ2v) is 4.70. The molecule has 1 fully saturated rings. The van der Waals surface area contributed by atoms with Crippen LogP contribution >= 0.6 is 0 Å². The number of hydrogen-bond acceptors (Lipinski definition) is 4. The highest BCUT2D eigenvalue weighted by molar-refractivity contribution is 5.97. The number of amidine groups is 1. The van der Waals surface area contributed by atoms with Gasteiger partial charge in [0.05, 0.1) is 18.4 Å². The number of rotatable bonds is 5. The molecule has 5 heteroatoms. The van der Waals surface area contributed by atoms with E-state index in [4.69, 9.17) is 15.9 Å². The highest BCUT2D eigenvalue weighted by Crippen LogP contribution is 2.20. The second-order valence-electron chi connectivity index (χ2n) is 4.70. The third kappa shape index (κ3) is 2.98. The maximum absolute atomic E-state index is 7.47. The van der Waals surface area contributed by atoms with Crippen LogP contribution in [0.4, 0.5) is 0 Å². The quantitative estimate of drug-likeness (QED) is 0.607. The molecule has 0 aromatic carbocycles. The van der Waals surface area contributed by atoms with E-state index >= 15 is 0 Å². The first kappa shape index (κ1) is 12.8. The standard InChI is InChI=1S/C13H20N4O/c1-17-7-2-3-10(17)5-8-18-12-9-16-6-4-11(12)13(14)15/h4,6,9-10H,2-3,5,7-8H2,1H3,(H3,14,15). The lowest BCUT2D eigenvalue weighted by atomic mass is 10.1. The highest BCUT2D eigenvalue weighted by Gasteiger charge is 2.20. The van der Waals surface area contributed by atoms with Crippen molar-refractivity contribution in [1.29, 1.82) is 5.41 Å². The van der Waals surface area contributed by atoms with Crippen LogP contribution in [0.15, 0.2) is 18.5 Å². The third-order valence-corrected chi connectivity index (χ3v) is 3.45. The third-order valence-electron chi connectivity index (χ3n) is 3.45. The van der Waals surface area contributed by atoms with Crippen LogP contribution in [0, 0.1) is 5.41 Å². The molecule has 18 heavy (non-hydrogen) atoms. The van der Waals surface area contributed by atoms with Crippen molar-refractivity contribution in [3.05, 3.63) is 24.0 Å². The largest absolute Gasteiger partial charge is 0.491 e. The van der Waals surface area contributed by atoms with Gasteiger partial charge in [0, 0.05) is 12.2 Å². The molecule has 2 rings (SSSR count). The summed E-state index contributed by atoms with van der Waals surface area (Å²) >= 11 is 0. The van der Waals surface area contributed by atoms with Crippen LogP contribution in [0.1, 0.15) is 24.8 Å². The Labute approximate surface area is 107 Å². The van der Waals surface area contributed by atoms with Gasteiger partial charge in [-0.2, -0.15) is 0 Å². The van der Waals surface area contributed by atoms with Crippen molar-refractivity contribution in [2.24, 2.45) is 5.73 Å². The second kappa shape index (κ2) is 5.82. The monoisotopic (exact) mass is 248 g/mol. The Hall–Kier alpha value is -1.62.